The van der Waals surface area contributed by atoms with E-state index in [2.05, 4.69) is 9.98 Å². The number of nitrogens with two attached hydrogens (primary N) is 3. The van der Waals surface area contributed by atoms with Crippen molar-refractivity contribution in [1.82, 2.24) is 0 Å². The fraction of sp³-hybridized carbons (Fsp3) is 0. The summed E-state index contributed by atoms with van der Waals surface area (Å²) in [6.07, 6.45) is 0. The van der Waals surface area contributed by atoms with E-state index in [9.17, 15) is 10.1 Å². The van der Waals surface area contributed by atoms with Gasteiger partial charge in [-0.3, -0.25) is 10.1 Å². The number of nitro groups is 1. The van der Waals surface area contributed by atoms with Crippen LogP contribution in [0.1, 0.15) is 0 Å². The Morgan fingerprint density at radius 2 is 1.89 bits per heavy atom. The molecule has 1 rings (SSSR count). The topological polar surface area (TPSA) is 186 Å². The number of non-ortho nitro benzene ring substituents is 1. The van der Waals surface area contributed by atoms with Crippen LogP contribution in [-0.2, 0) is 0 Å². The molecule has 1 aromatic carbocycles. The van der Waals surface area contributed by atoms with Gasteiger partial charge in [0.25, 0.3) is 5.69 Å². The lowest BCUT2D eigenvalue weighted by atomic mass is 9.80. The molecule has 0 aliphatic rings. The molecule has 0 radical (unpaired) electrons. The van der Waals surface area contributed by atoms with Gasteiger partial charge in [0.05, 0.1) is 10.6 Å². The van der Waals surface area contributed by atoms with Crippen molar-refractivity contribution in [3.8, 4) is 0 Å². The van der Waals surface area contributed by atoms with E-state index < -0.39 is 12.0 Å². The van der Waals surface area contributed by atoms with Gasteiger partial charge in [-0.15, -0.1) is 0 Å². The van der Waals surface area contributed by atoms with Crippen molar-refractivity contribution in [2.75, 3.05) is 0 Å². The Hall–Kier alpha value is -2.66. The van der Waals surface area contributed by atoms with Gasteiger partial charge >= 0.3 is 7.12 Å². The van der Waals surface area contributed by atoms with Crippen LogP contribution in [0, 0.1) is 10.1 Å². The van der Waals surface area contributed by atoms with Crippen molar-refractivity contribution < 1.29 is 15.0 Å². The van der Waals surface area contributed by atoms with Gasteiger partial charge in [-0.05, 0) is 11.5 Å². The smallest absolute Gasteiger partial charge is 0.423 e. The van der Waals surface area contributed by atoms with Crippen LogP contribution < -0.4 is 22.7 Å². The van der Waals surface area contributed by atoms with E-state index in [0.29, 0.717) is 0 Å². The molecule has 0 aliphatic heterocycles. The Bertz CT molecular complexity index is 554. The van der Waals surface area contributed by atoms with Crippen molar-refractivity contribution in [3.63, 3.8) is 0 Å². The molecule has 19 heavy (non-hydrogen) atoms. The van der Waals surface area contributed by atoms with Gasteiger partial charge in [-0.2, -0.15) is 4.99 Å². The lowest BCUT2D eigenvalue weighted by Gasteiger charge is -2.02. The third kappa shape index (κ3) is 4.25. The third-order valence-corrected chi connectivity index (χ3v) is 1.92. The molecule has 100 valence electrons. The number of hydrogen-bond donors (Lipinski definition) is 5. The van der Waals surface area contributed by atoms with Gasteiger partial charge in [-0.1, -0.05) is 0 Å². The van der Waals surface area contributed by atoms with Crippen LogP contribution >= 0.6 is 0 Å². The highest BCUT2D eigenvalue weighted by Gasteiger charge is 2.17. The second kappa shape index (κ2) is 5.79. The molecule has 0 fully saturated rings. The first-order chi connectivity index (χ1) is 8.79. The molecule has 0 amide bonds. The SMILES string of the molecule is NC(N)=NC(N)=Nc1cc(B(O)O)cc([N+](=O)[O-])c1. The normalized spacial score (nSPS) is 10.9. The molecular formula is C8H11BN6O4. The van der Waals surface area contributed by atoms with Crippen LogP contribution in [0.15, 0.2) is 28.2 Å². The van der Waals surface area contributed by atoms with Crippen LogP contribution in [0.4, 0.5) is 11.4 Å². The number of hydrogen-bond acceptors (Lipinski definition) is 5. The molecular weight excluding hydrogens is 255 g/mol. The van der Waals surface area contributed by atoms with Gasteiger partial charge in [-0.25, -0.2) is 4.99 Å². The van der Waals surface area contributed by atoms with Crippen molar-refractivity contribution in [2.45, 2.75) is 0 Å². The number of nitrogens with zero attached hydrogens (tertiary/aromatic N) is 3. The van der Waals surface area contributed by atoms with E-state index in [4.69, 9.17) is 27.2 Å². The number of guanidine groups is 2. The first kappa shape index (κ1) is 14.4. The zero-order chi connectivity index (χ0) is 14.6. The maximum Gasteiger partial charge on any atom is 0.488 e. The van der Waals surface area contributed by atoms with Gasteiger partial charge in [0.2, 0.25) is 5.96 Å². The molecule has 0 bridgehead atoms. The van der Waals surface area contributed by atoms with Crippen LogP contribution in [0.2, 0.25) is 0 Å². The highest BCUT2D eigenvalue weighted by atomic mass is 16.6. The third-order valence-electron chi connectivity index (χ3n) is 1.92. The molecule has 11 heteroatoms. The average Bonchev–Trinajstić information content (AvgIpc) is 2.26. The summed E-state index contributed by atoms with van der Waals surface area (Å²) in [5.74, 6) is -0.645. The molecule has 1 aromatic rings. The van der Waals surface area contributed by atoms with Gasteiger partial charge in [0.1, 0.15) is 0 Å². The van der Waals surface area contributed by atoms with Crippen molar-refractivity contribution in [3.05, 3.63) is 28.3 Å². The first-order valence-electron chi connectivity index (χ1n) is 4.89. The molecule has 8 N–H and O–H groups in total. The minimum atomic E-state index is -1.88. The maximum absolute atomic E-state index is 10.7. The molecule has 10 nitrogen and oxygen atoms in total. The maximum atomic E-state index is 10.7. The quantitative estimate of drug-likeness (QED) is 0.131. The van der Waals surface area contributed by atoms with Crippen LogP contribution in [0.25, 0.3) is 0 Å². The highest BCUT2D eigenvalue weighted by Crippen LogP contribution is 2.18. The number of benzene rings is 1. The van der Waals surface area contributed by atoms with Gasteiger partial charge < -0.3 is 27.2 Å². The lowest BCUT2D eigenvalue weighted by Crippen LogP contribution is -2.30. The molecule has 0 heterocycles. The summed E-state index contributed by atoms with van der Waals surface area (Å²) >= 11 is 0. The Kier molecular flexibility index (Phi) is 4.39. The first-order valence-corrected chi connectivity index (χ1v) is 4.89. The number of rotatable bonds is 3. The zero-order valence-electron chi connectivity index (χ0n) is 9.59. The summed E-state index contributed by atoms with van der Waals surface area (Å²) in [5.41, 5.74) is 15.1. The van der Waals surface area contributed by atoms with Crippen molar-refractivity contribution in [2.24, 2.45) is 27.2 Å². The summed E-state index contributed by atoms with van der Waals surface area (Å²) < 4.78 is 0. The molecule has 0 unspecified atom stereocenters. The Morgan fingerprint density at radius 3 is 2.37 bits per heavy atom. The average molecular weight is 266 g/mol. The Labute approximate surface area is 107 Å². The minimum absolute atomic E-state index is 0.0137. The van der Waals surface area contributed by atoms with Gasteiger partial charge in [0.15, 0.2) is 5.96 Å². The molecule has 0 atom stereocenters. The second-order valence-electron chi connectivity index (χ2n) is 3.42. The molecule has 0 saturated heterocycles. The standard InChI is InChI=1S/C8H11BN6O4/c10-7(11)14-8(12)13-5-1-4(9(16)17)2-6(3-5)15(18)19/h1-3,16-17H,(H6,10,11,12,13,14). The monoisotopic (exact) mass is 266 g/mol. The van der Waals surface area contributed by atoms with Crippen LogP contribution in [-0.4, -0.2) is 34.0 Å². The summed E-state index contributed by atoms with van der Waals surface area (Å²) in [6.45, 7) is 0. The molecule has 0 spiro atoms. The van der Waals surface area contributed by atoms with E-state index in [1.807, 2.05) is 0 Å². The molecule has 0 aliphatic carbocycles. The fourth-order valence-corrected chi connectivity index (χ4v) is 1.23. The number of nitro benzene ring substituents is 1. The predicted molar refractivity (Wildman–Crippen MR) is 70.0 cm³/mol. The minimum Gasteiger partial charge on any atom is -0.423 e. The van der Waals surface area contributed by atoms with E-state index in [0.717, 1.165) is 12.1 Å². The summed E-state index contributed by atoms with van der Waals surface area (Å²) in [7, 11) is -1.88. The van der Waals surface area contributed by atoms with Crippen molar-refractivity contribution >= 4 is 35.9 Å². The van der Waals surface area contributed by atoms with Gasteiger partial charge in [0, 0.05) is 12.1 Å². The van der Waals surface area contributed by atoms with E-state index in [1.54, 1.807) is 0 Å². The summed E-state index contributed by atoms with van der Waals surface area (Å²) in [6, 6.07) is 3.29. The van der Waals surface area contributed by atoms with Crippen LogP contribution in [0.5, 0.6) is 0 Å². The van der Waals surface area contributed by atoms with E-state index in [-0.39, 0.29) is 28.8 Å². The predicted octanol–water partition coefficient (Wildman–Crippen LogP) is -2.51. The summed E-state index contributed by atoms with van der Waals surface area (Å²) in [4.78, 5) is 17.1. The van der Waals surface area contributed by atoms with E-state index >= 15 is 0 Å². The van der Waals surface area contributed by atoms with E-state index in [1.165, 1.54) is 6.07 Å². The highest BCUT2D eigenvalue weighted by molar-refractivity contribution is 6.58. The molecule has 0 aromatic heterocycles. The second-order valence-corrected chi connectivity index (χ2v) is 3.42. The zero-order valence-corrected chi connectivity index (χ0v) is 9.59. The number of aliphatic imine (C=N–C) groups is 2. The lowest BCUT2D eigenvalue weighted by molar-refractivity contribution is -0.384. The fourth-order valence-electron chi connectivity index (χ4n) is 1.23. The van der Waals surface area contributed by atoms with Crippen LogP contribution in [0.3, 0.4) is 0 Å². The van der Waals surface area contributed by atoms with Crippen molar-refractivity contribution in [1.29, 1.82) is 0 Å². The largest absolute Gasteiger partial charge is 0.488 e. The Balaban J connectivity index is 3.28. The Morgan fingerprint density at radius 1 is 1.26 bits per heavy atom. The summed E-state index contributed by atoms with van der Waals surface area (Å²) in [5, 5.41) is 28.7. The molecule has 0 saturated carbocycles.